The predicted octanol–water partition coefficient (Wildman–Crippen LogP) is 2.84. The van der Waals surface area contributed by atoms with Crippen molar-refractivity contribution >= 4 is 34.2 Å². The lowest BCUT2D eigenvalue weighted by molar-refractivity contribution is 0.0950. The van der Waals surface area contributed by atoms with E-state index in [0.29, 0.717) is 5.69 Å². The zero-order chi connectivity index (χ0) is 13.7. The topological polar surface area (TPSA) is 54.4 Å². The van der Waals surface area contributed by atoms with Crippen LogP contribution in [0.1, 0.15) is 23.0 Å². The lowest BCUT2D eigenvalue weighted by Crippen LogP contribution is -2.20. The van der Waals surface area contributed by atoms with Crippen molar-refractivity contribution in [2.24, 2.45) is 5.10 Å². The van der Waals surface area contributed by atoms with E-state index < -0.39 is 0 Å². The van der Waals surface area contributed by atoms with Gasteiger partial charge < -0.3 is 0 Å². The average Bonchev–Trinajstić information content (AvgIpc) is 2.45. The summed E-state index contributed by atoms with van der Waals surface area (Å²) in [4.78, 5) is 15.7. The molecule has 0 saturated heterocycles. The third-order valence-corrected chi connectivity index (χ3v) is 3.14. The van der Waals surface area contributed by atoms with Gasteiger partial charge in [0.2, 0.25) is 0 Å². The summed E-state index contributed by atoms with van der Waals surface area (Å²) in [6.07, 6.45) is 1.57. The Labute approximate surface area is 125 Å². The average molecular weight is 365 g/mol. The normalized spacial score (nSPS) is 11.2. The quantitative estimate of drug-likeness (QED) is 0.517. The van der Waals surface area contributed by atoms with Gasteiger partial charge in [-0.05, 0) is 59.3 Å². The smallest absolute Gasteiger partial charge is 0.266 e. The number of halogens is 1. The molecule has 0 fully saturated rings. The summed E-state index contributed by atoms with van der Waals surface area (Å²) in [6.45, 7) is 1.85. The fraction of sp³-hybridized carbons (Fsp3) is 0.0714. The van der Waals surface area contributed by atoms with Crippen LogP contribution >= 0.6 is 22.6 Å². The lowest BCUT2D eigenvalue weighted by atomic mass is 10.1. The van der Waals surface area contributed by atoms with Gasteiger partial charge >= 0.3 is 0 Å². The second kappa shape index (κ2) is 6.42. The van der Waals surface area contributed by atoms with Crippen molar-refractivity contribution in [1.82, 2.24) is 10.4 Å². The zero-order valence-electron chi connectivity index (χ0n) is 10.3. The molecule has 0 aliphatic carbocycles. The van der Waals surface area contributed by atoms with Crippen molar-refractivity contribution in [1.29, 1.82) is 0 Å². The van der Waals surface area contributed by atoms with Crippen molar-refractivity contribution in [3.63, 3.8) is 0 Å². The molecule has 1 N–H and O–H groups in total. The van der Waals surface area contributed by atoms with Crippen molar-refractivity contribution in [3.05, 3.63) is 63.5 Å². The van der Waals surface area contributed by atoms with Gasteiger partial charge in [-0.15, -0.1) is 0 Å². The van der Waals surface area contributed by atoms with Gasteiger partial charge in [0.15, 0.2) is 0 Å². The molecule has 2 rings (SSSR count). The minimum atomic E-state index is -0.314. The molecule has 0 spiro atoms. The Kier molecular flexibility index (Phi) is 4.62. The molecular weight excluding hydrogens is 353 g/mol. The zero-order valence-corrected chi connectivity index (χ0v) is 12.5. The van der Waals surface area contributed by atoms with Gasteiger partial charge in [0.05, 0.1) is 5.71 Å². The summed E-state index contributed by atoms with van der Waals surface area (Å²) in [5.74, 6) is -0.314. The Hall–Kier alpha value is -1.76. The van der Waals surface area contributed by atoms with Crippen LogP contribution in [0.2, 0.25) is 0 Å². The fourth-order valence-electron chi connectivity index (χ4n) is 1.47. The highest BCUT2D eigenvalue weighted by Gasteiger charge is 2.05. The fourth-order valence-corrected chi connectivity index (χ4v) is 2.01. The number of hydrogen-bond acceptors (Lipinski definition) is 3. The van der Waals surface area contributed by atoms with Crippen LogP contribution in [0.5, 0.6) is 0 Å². The number of benzene rings is 1. The Morgan fingerprint density at radius 1 is 1.26 bits per heavy atom. The van der Waals surface area contributed by atoms with Gasteiger partial charge in [-0.3, -0.25) is 9.78 Å². The number of carbonyl (C=O) groups excluding carboxylic acids is 1. The second-order valence-corrected chi connectivity index (χ2v) is 5.11. The molecule has 0 saturated carbocycles. The van der Waals surface area contributed by atoms with Crippen LogP contribution in [0.3, 0.4) is 0 Å². The molecule has 4 nitrogen and oxygen atoms in total. The molecule has 19 heavy (non-hydrogen) atoms. The molecule has 1 amide bonds. The van der Waals surface area contributed by atoms with Crippen LogP contribution in [0.25, 0.3) is 0 Å². The monoisotopic (exact) mass is 365 g/mol. The molecule has 1 heterocycles. The van der Waals surface area contributed by atoms with Crippen LogP contribution in [-0.4, -0.2) is 16.6 Å². The van der Waals surface area contributed by atoms with Gasteiger partial charge in [-0.1, -0.05) is 18.2 Å². The molecule has 0 radical (unpaired) electrons. The number of aromatic nitrogens is 1. The Bertz CT molecular complexity index is 611. The highest BCUT2D eigenvalue weighted by Crippen LogP contribution is 2.08. The van der Waals surface area contributed by atoms with E-state index >= 15 is 0 Å². The maximum atomic E-state index is 11.8. The van der Waals surface area contributed by atoms with E-state index in [0.717, 1.165) is 14.8 Å². The number of carbonyl (C=O) groups is 1. The Balaban J connectivity index is 2.09. The van der Waals surface area contributed by atoms with E-state index in [2.05, 4.69) is 38.1 Å². The SMILES string of the molecule is C/C(=N\NC(=O)c1ccccn1)c1cccc(I)c1. The maximum absolute atomic E-state index is 11.8. The maximum Gasteiger partial charge on any atom is 0.289 e. The number of nitrogens with one attached hydrogen (secondary N) is 1. The third-order valence-electron chi connectivity index (χ3n) is 2.47. The van der Waals surface area contributed by atoms with Crippen LogP contribution in [-0.2, 0) is 0 Å². The minimum Gasteiger partial charge on any atom is -0.266 e. The molecule has 2 aromatic rings. The first kappa shape index (κ1) is 13.7. The Morgan fingerprint density at radius 2 is 2.11 bits per heavy atom. The van der Waals surface area contributed by atoms with Crippen molar-refractivity contribution in [2.45, 2.75) is 6.92 Å². The summed E-state index contributed by atoms with van der Waals surface area (Å²) in [6, 6.07) is 13.1. The van der Waals surface area contributed by atoms with Crippen LogP contribution in [0.15, 0.2) is 53.8 Å². The van der Waals surface area contributed by atoms with E-state index in [1.807, 2.05) is 31.2 Å². The van der Waals surface area contributed by atoms with Crippen LogP contribution < -0.4 is 5.43 Å². The molecule has 0 bridgehead atoms. The van der Waals surface area contributed by atoms with E-state index in [4.69, 9.17) is 0 Å². The van der Waals surface area contributed by atoms with Gasteiger partial charge in [-0.25, -0.2) is 5.43 Å². The lowest BCUT2D eigenvalue weighted by Gasteiger charge is -2.03. The molecule has 0 aliphatic heterocycles. The number of nitrogens with zero attached hydrogens (tertiary/aromatic N) is 2. The highest BCUT2D eigenvalue weighted by molar-refractivity contribution is 14.1. The van der Waals surface area contributed by atoms with E-state index in [1.165, 1.54) is 0 Å². The summed E-state index contributed by atoms with van der Waals surface area (Å²) < 4.78 is 1.13. The number of hydrazone groups is 1. The third kappa shape index (κ3) is 3.85. The predicted molar refractivity (Wildman–Crippen MR) is 83.1 cm³/mol. The van der Waals surface area contributed by atoms with E-state index in [1.54, 1.807) is 24.4 Å². The first-order valence-corrected chi connectivity index (χ1v) is 6.76. The summed E-state index contributed by atoms with van der Waals surface area (Å²) in [7, 11) is 0. The molecule has 96 valence electrons. The standard InChI is InChI=1S/C14H12IN3O/c1-10(11-5-4-6-12(15)9-11)17-18-14(19)13-7-2-3-8-16-13/h2-9H,1H3,(H,18,19)/b17-10+. The second-order valence-electron chi connectivity index (χ2n) is 3.86. The molecule has 0 unspecified atom stereocenters. The van der Waals surface area contributed by atoms with Gasteiger partial charge in [0.1, 0.15) is 5.69 Å². The molecule has 0 atom stereocenters. The van der Waals surface area contributed by atoms with E-state index in [-0.39, 0.29) is 5.91 Å². The highest BCUT2D eigenvalue weighted by atomic mass is 127. The molecular formula is C14H12IN3O. The van der Waals surface area contributed by atoms with Crippen LogP contribution in [0.4, 0.5) is 0 Å². The number of rotatable bonds is 3. The van der Waals surface area contributed by atoms with Gasteiger partial charge in [0, 0.05) is 9.77 Å². The Morgan fingerprint density at radius 3 is 2.79 bits per heavy atom. The van der Waals surface area contributed by atoms with Gasteiger partial charge in [-0.2, -0.15) is 5.10 Å². The summed E-state index contributed by atoms with van der Waals surface area (Å²) in [5, 5.41) is 4.09. The van der Waals surface area contributed by atoms with Gasteiger partial charge in [0.25, 0.3) is 5.91 Å². The molecule has 1 aromatic carbocycles. The largest absolute Gasteiger partial charge is 0.289 e. The number of pyridine rings is 1. The van der Waals surface area contributed by atoms with Crippen molar-refractivity contribution in [3.8, 4) is 0 Å². The molecule has 0 aliphatic rings. The first-order valence-electron chi connectivity index (χ1n) is 5.68. The summed E-state index contributed by atoms with van der Waals surface area (Å²) >= 11 is 2.24. The molecule has 1 aromatic heterocycles. The van der Waals surface area contributed by atoms with E-state index in [9.17, 15) is 4.79 Å². The number of amides is 1. The summed E-state index contributed by atoms with van der Waals surface area (Å²) in [5.41, 5.74) is 4.58. The molecule has 5 heteroatoms. The minimum absolute atomic E-state index is 0.314. The van der Waals surface area contributed by atoms with Crippen molar-refractivity contribution in [2.75, 3.05) is 0 Å². The van der Waals surface area contributed by atoms with Crippen LogP contribution in [0, 0.1) is 3.57 Å². The first-order chi connectivity index (χ1) is 9.16. The number of hydrogen-bond donors (Lipinski definition) is 1. The van der Waals surface area contributed by atoms with Crippen molar-refractivity contribution < 1.29 is 4.79 Å².